The molecule has 2 N–H and O–H groups in total. The fourth-order valence-corrected chi connectivity index (χ4v) is 3.33. The Bertz CT molecular complexity index is 769. The molecule has 1 unspecified atom stereocenters. The molecule has 0 saturated heterocycles. The summed E-state index contributed by atoms with van der Waals surface area (Å²) < 4.78 is 5.12. The topological polar surface area (TPSA) is 58.0 Å². The molecule has 5 heteroatoms. The minimum atomic E-state index is -0.416. The van der Waals surface area contributed by atoms with E-state index >= 15 is 0 Å². The highest BCUT2D eigenvalue weighted by Gasteiger charge is 2.16. The van der Waals surface area contributed by atoms with E-state index in [4.69, 9.17) is 4.42 Å². The molecule has 0 amide bonds. The molecular weight excluding hydrogens is 260 g/mol. The van der Waals surface area contributed by atoms with Gasteiger partial charge in [0.2, 0.25) is 0 Å². The normalized spacial score (nSPS) is 12.9. The molecule has 98 valence electrons. The lowest BCUT2D eigenvalue weighted by Crippen LogP contribution is -2.17. The van der Waals surface area contributed by atoms with Crippen LogP contribution >= 0.6 is 11.3 Å². The van der Waals surface area contributed by atoms with Crippen molar-refractivity contribution >= 4 is 22.4 Å². The van der Waals surface area contributed by atoms with Gasteiger partial charge in [-0.15, -0.1) is 11.3 Å². The third-order valence-corrected chi connectivity index (χ3v) is 4.31. The first-order valence-corrected chi connectivity index (χ1v) is 6.91. The molecule has 0 aliphatic carbocycles. The average molecular weight is 274 g/mol. The Balaban J connectivity index is 2.11. The van der Waals surface area contributed by atoms with Gasteiger partial charge < -0.3 is 9.73 Å². The van der Waals surface area contributed by atoms with Gasteiger partial charge in [-0.1, -0.05) is 6.07 Å². The van der Waals surface area contributed by atoms with Crippen molar-refractivity contribution in [1.82, 2.24) is 10.3 Å². The summed E-state index contributed by atoms with van der Waals surface area (Å²) in [5.74, 6) is -0.416. The largest absolute Gasteiger partial charge is 0.417 e. The van der Waals surface area contributed by atoms with Crippen LogP contribution in [-0.2, 0) is 0 Å². The summed E-state index contributed by atoms with van der Waals surface area (Å²) in [5, 5.41) is 5.40. The molecule has 0 radical (unpaired) electrons. The first-order chi connectivity index (χ1) is 9.19. The molecule has 2 aromatic heterocycles. The fourth-order valence-electron chi connectivity index (χ4n) is 2.27. The zero-order valence-corrected chi connectivity index (χ0v) is 11.5. The average Bonchev–Trinajstić information content (AvgIpc) is 2.95. The van der Waals surface area contributed by atoms with Crippen LogP contribution in [0.4, 0.5) is 0 Å². The van der Waals surface area contributed by atoms with Gasteiger partial charge in [-0.2, -0.15) is 0 Å². The number of aromatic nitrogens is 1. The third kappa shape index (κ3) is 2.11. The van der Waals surface area contributed by atoms with Crippen molar-refractivity contribution in [3.63, 3.8) is 0 Å². The molecule has 1 atom stereocenters. The molecule has 3 aromatic rings. The maximum atomic E-state index is 11.2. The lowest BCUT2D eigenvalue weighted by Gasteiger charge is -2.16. The lowest BCUT2D eigenvalue weighted by atomic mass is 10.0. The van der Waals surface area contributed by atoms with Crippen molar-refractivity contribution in [2.24, 2.45) is 0 Å². The van der Waals surface area contributed by atoms with E-state index in [2.05, 4.69) is 28.7 Å². The van der Waals surface area contributed by atoms with Crippen LogP contribution in [0.2, 0.25) is 0 Å². The zero-order chi connectivity index (χ0) is 13.4. The summed E-state index contributed by atoms with van der Waals surface area (Å²) in [6.07, 6.45) is 0. The highest BCUT2D eigenvalue weighted by atomic mass is 32.1. The van der Waals surface area contributed by atoms with Gasteiger partial charge in [-0.05, 0) is 48.7 Å². The number of thiophene rings is 1. The van der Waals surface area contributed by atoms with Gasteiger partial charge in [-0.3, -0.25) is 4.98 Å². The quantitative estimate of drug-likeness (QED) is 0.772. The molecule has 19 heavy (non-hydrogen) atoms. The number of fused-ring (bicyclic) bond motifs is 1. The first kappa shape index (κ1) is 12.2. The first-order valence-electron chi connectivity index (χ1n) is 6.03. The number of aromatic amines is 1. The Labute approximate surface area is 114 Å². The second-order valence-corrected chi connectivity index (χ2v) is 5.41. The van der Waals surface area contributed by atoms with Crippen molar-refractivity contribution in [2.45, 2.75) is 13.0 Å². The summed E-state index contributed by atoms with van der Waals surface area (Å²) in [5.41, 5.74) is 3.67. The van der Waals surface area contributed by atoms with Crippen LogP contribution in [0.15, 0.2) is 38.9 Å². The number of oxazole rings is 1. The van der Waals surface area contributed by atoms with Crippen LogP contribution in [0, 0.1) is 6.92 Å². The number of hydrogen-bond acceptors (Lipinski definition) is 4. The molecular formula is C14H14N2O2S. The van der Waals surface area contributed by atoms with Crippen molar-refractivity contribution in [3.05, 3.63) is 56.2 Å². The molecule has 3 rings (SSSR count). The number of aryl methyl sites for hydroxylation is 1. The number of benzene rings is 1. The van der Waals surface area contributed by atoms with Gasteiger partial charge >= 0.3 is 5.76 Å². The number of H-pyrrole nitrogens is 1. The minimum Gasteiger partial charge on any atom is -0.408 e. The van der Waals surface area contributed by atoms with Crippen LogP contribution in [-0.4, -0.2) is 12.0 Å². The Morgan fingerprint density at radius 3 is 2.89 bits per heavy atom. The Morgan fingerprint density at radius 1 is 1.37 bits per heavy atom. The number of rotatable bonds is 3. The summed E-state index contributed by atoms with van der Waals surface area (Å²) in [6.45, 7) is 2.10. The predicted molar refractivity (Wildman–Crippen MR) is 76.8 cm³/mol. The lowest BCUT2D eigenvalue weighted by molar-refractivity contribution is 0.554. The highest BCUT2D eigenvalue weighted by molar-refractivity contribution is 7.10. The monoisotopic (exact) mass is 274 g/mol. The zero-order valence-electron chi connectivity index (χ0n) is 10.7. The van der Waals surface area contributed by atoms with Gasteiger partial charge in [0.05, 0.1) is 11.6 Å². The van der Waals surface area contributed by atoms with Crippen molar-refractivity contribution in [3.8, 4) is 0 Å². The van der Waals surface area contributed by atoms with Crippen LogP contribution in [0.3, 0.4) is 0 Å². The van der Waals surface area contributed by atoms with Crippen LogP contribution in [0.1, 0.15) is 22.0 Å². The summed E-state index contributed by atoms with van der Waals surface area (Å²) in [6, 6.07) is 8.02. The van der Waals surface area contributed by atoms with E-state index in [1.165, 1.54) is 10.4 Å². The summed E-state index contributed by atoms with van der Waals surface area (Å²) in [4.78, 5) is 15.1. The summed E-state index contributed by atoms with van der Waals surface area (Å²) >= 11 is 1.73. The van der Waals surface area contributed by atoms with Gasteiger partial charge in [0, 0.05) is 4.88 Å². The van der Waals surface area contributed by atoms with E-state index in [1.54, 1.807) is 11.3 Å². The van der Waals surface area contributed by atoms with Gasteiger partial charge in [0.25, 0.3) is 0 Å². The predicted octanol–water partition coefficient (Wildman–Crippen LogP) is 2.80. The van der Waals surface area contributed by atoms with E-state index in [0.29, 0.717) is 5.58 Å². The van der Waals surface area contributed by atoms with Gasteiger partial charge in [0.1, 0.15) is 0 Å². The van der Waals surface area contributed by atoms with Crippen LogP contribution in [0.5, 0.6) is 0 Å². The third-order valence-electron chi connectivity index (χ3n) is 3.23. The molecule has 0 fully saturated rings. The second kappa shape index (κ2) is 4.68. The van der Waals surface area contributed by atoms with Crippen LogP contribution in [0.25, 0.3) is 11.1 Å². The molecule has 0 bridgehead atoms. The standard InChI is InChI=1S/C14H14N2O2S/c1-8-5-6-19-13(8)12(15-2)9-3-4-10-11(7-9)18-14(17)16-10/h3-7,12,15H,1-2H3,(H,16,17). The molecule has 4 nitrogen and oxygen atoms in total. The number of hydrogen-bond donors (Lipinski definition) is 2. The van der Waals surface area contributed by atoms with Crippen LogP contribution < -0.4 is 11.1 Å². The van der Waals surface area contributed by atoms with E-state index in [-0.39, 0.29) is 6.04 Å². The second-order valence-electron chi connectivity index (χ2n) is 4.46. The maximum Gasteiger partial charge on any atom is 0.417 e. The minimum absolute atomic E-state index is 0.115. The van der Waals surface area contributed by atoms with Crippen molar-refractivity contribution in [1.29, 1.82) is 0 Å². The van der Waals surface area contributed by atoms with Crippen molar-refractivity contribution in [2.75, 3.05) is 7.05 Å². The Kier molecular flexibility index (Phi) is 3.00. The van der Waals surface area contributed by atoms with Gasteiger partial charge in [0.15, 0.2) is 5.58 Å². The van der Waals surface area contributed by atoms with E-state index in [0.717, 1.165) is 11.1 Å². The molecule has 2 heterocycles. The van der Waals surface area contributed by atoms with Crippen molar-refractivity contribution < 1.29 is 4.42 Å². The van der Waals surface area contributed by atoms with E-state index < -0.39 is 5.76 Å². The van der Waals surface area contributed by atoms with E-state index in [9.17, 15) is 4.79 Å². The molecule has 0 spiro atoms. The highest BCUT2D eigenvalue weighted by Crippen LogP contribution is 2.30. The number of nitrogens with one attached hydrogen (secondary N) is 2. The van der Waals surface area contributed by atoms with Gasteiger partial charge in [-0.25, -0.2) is 4.79 Å². The fraction of sp³-hybridized carbons (Fsp3) is 0.214. The Hall–Kier alpha value is -1.85. The Morgan fingerprint density at radius 2 is 2.21 bits per heavy atom. The molecule has 1 aromatic carbocycles. The summed E-state index contributed by atoms with van der Waals surface area (Å²) in [7, 11) is 1.93. The molecule has 0 saturated carbocycles. The smallest absolute Gasteiger partial charge is 0.408 e. The molecule has 0 aliphatic rings. The van der Waals surface area contributed by atoms with E-state index in [1.807, 2.05) is 25.2 Å². The maximum absolute atomic E-state index is 11.2. The SMILES string of the molecule is CNC(c1ccc2[nH]c(=O)oc2c1)c1sccc1C. The molecule has 0 aliphatic heterocycles.